The van der Waals surface area contributed by atoms with Crippen LogP contribution in [0.4, 0.5) is 0 Å². The van der Waals surface area contributed by atoms with Crippen LogP contribution in [0.25, 0.3) is 0 Å². The summed E-state index contributed by atoms with van der Waals surface area (Å²) in [5, 5.41) is 2.53. The van der Waals surface area contributed by atoms with E-state index in [1.54, 1.807) is 4.90 Å². The van der Waals surface area contributed by atoms with Gasteiger partial charge >= 0.3 is 0 Å². The molecule has 2 amide bonds. The summed E-state index contributed by atoms with van der Waals surface area (Å²) in [5.74, 6) is 0.0514. The molecule has 0 aromatic carbocycles. The zero-order chi connectivity index (χ0) is 12.5. The normalized spacial score (nSPS) is 26.5. The molecule has 0 aromatic heterocycles. The maximum absolute atomic E-state index is 11.8. The third-order valence-corrected chi connectivity index (χ3v) is 5.02. The van der Waals surface area contributed by atoms with Gasteiger partial charge in [0.25, 0.3) is 0 Å². The second-order valence-electron chi connectivity index (χ2n) is 4.50. The number of rotatable bonds is 1. The molecule has 0 unspecified atom stereocenters. The molecule has 0 radical (unpaired) electrons. The fraction of sp³-hybridized carbons (Fsp3) is 0.800. The lowest BCUT2D eigenvalue weighted by Crippen LogP contribution is -2.46. The average molecular weight is 260 g/mol. The fourth-order valence-electron chi connectivity index (χ4n) is 2.29. The van der Waals surface area contributed by atoms with Gasteiger partial charge in [-0.3, -0.25) is 9.59 Å². The van der Waals surface area contributed by atoms with Crippen LogP contribution in [0.3, 0.4) is 0 Å². The van der Waals surface area contributed by atoms with Crippen LogP contribution in [0.2, 0.25) is 0 Å². The van der Waals surface area contributed by atoms with Crippen LogP contribution < -0.4 is 5.32 Å². The Morgan fingerprint density at radius 1 is 1.18 bits per heavy atom. The van der Waals surface area contributed by atoms with Gasteiger partial charge in [0.2, 0.25) is 11.8 Å². The van der Waals surface area contributed by atoms with Gasteiger partial charge in [-0.2, -0.15) is 0 Å². The molecule has 2 saturated heterocycles. The van der Waals surface area contributed by atoms with E-state index in [-0.39, 0.29) is 35.9 Å². The van der Waals surface area contributed by atoms with Crippen molar-refractivity contribution in [2.24, 2.45) is 0 Å². The van der Waals surface area contributed by atoms with E-state index in [0.29, 0.717) is 25.8 Å². The van der Waals surface area contributed by atoms with E-state index in [0.717, 1.165) is 0 Å². The first-order valence-electron chi connectivity index (χ1n) is 5.74. The van der Waals surface area contributed by atoms with Crippen LogP contribution in [0.5, 0.6) is 0 Å². The highest BCUT2D eigenvalue weighted by atomic mass is 32.2. The number of nitrogens with one attached hydrogen (secondary N) is 1. The molecule has 6 nitrogen and oxygen atoms in total. The molecule has 0 saturated carbocycles. The Hall–Kier alpha value is -1.11. The zero-order valence-electron chi connectivity index (χ0n) is 9.52. The third-order valence-electron chi connectivity index (χ3n) is 3.30. The Labute approximate surface area is 100 Å². The molecule has 0 bridgehead atoms. The molecular formula is C10H16N2O4S. The first-order valence-corrected chi connectivity index (χ1v) is 7.57. The highest BCUT2D eigenvalue weighted by molar-refractivity contribution is 7.91. The van der Waals surface area contributed by atoms with Gasteiger partial charge in [0.15, 0.2) is 0 Å². The number of amides is 2. The molecule has 0 spiro atoms. The van der Waals surface area contributed by atoms with Crippen molar-refractivity contribution >= 4 is 21.7 Å². The highest BCUT2D eigenvalue weighted by Crippen LogP contribution is 2.19. The van der Waals surface area contributed by atoms with E-state index in [4.69, 9.17) is 0 Å². The number of sulfone groups is 1. The molecule has 96 valence electrons. The molecule has 0 aliphatic carbocycles. The van der Waals surface area contributed by atoms with Crippen molar-refractivity contribution in [1.82, 2.24) is 10.2 Å². The molecule has 17 heavy (non-hydrogen) atoms. The predicted octanol–water partition coefficient (Wildman–Crippen LogP) is -1.09. The van der Waals surface area contributed by atoms with Crippen molar-refractivity contribution in [2.75, 3.05) is 24.6 Å². The van der Waals surface area contributed by atoms with Crippen LogP contribution in [-0.2, 0) is 19.4 Å². The Morgan fingerprint density at radius 3 is 2.47 bits per heavy atom. The molecule has 2 aliphatic heterocycles. The minimum atomic E-state index is -2.91. The van der Waals surface area contributed by atoms with Gasteiger partial charge in [-0.05, 0) is 12.8 Å². The van der Waals surface area contributed by atoms with Crippen molar-refractivity contribution in [3.63, 3.8) is 0 Å². The Kier molecular flexibility index (Phi) is 3.37. The van der Waals surface area contributed by atoms with Crippen LogP contribution in [0, 0.1) is 0 Å². The zero-order valence-corrected chi connectivity index (χ0v) is 10.3. The van der Waals surface area contributed by atoms with Gasteiger partial charge in [0.05, 0.1) is 18.1 Å². The SMILES string of the molecule is O=C1CCN(C2CCS(=O)(=O)CC2)C(=O)CN1. The largest absolute Gasteiger partial charge is 0.347 e. The molecule has 0 aromatic rings. The first-order chi connectivity index (χ1) is 7.98. The van der Waals surface area contributed by atoms with Crippen molar-refractivity contribution in [3.8, 4) is 0 Å². The van der Waals surface area contributed by atoms with Gasteiger partial charge in [-0.25, -0.2) is 8.42 Å². The van der Waals surface area contributed by atoms with Gasteiger partial charge in [0, 0.05) is 19.0 Å². The summed E-state index contributed by atoms with van der Waals surface area (Å²) < 4.78 is 22.6. The van der Waals surface area contributed by atoms with E-state index < -0.39 is 9.84 Å². The fourth-order valence-corrected chi connectivity index (χ4v) is 3.75. The molecule has 2 heterocycles. The summed E-state index contributed by atoms with van der Waals surface area (Å²) in [6.07, 6.45) is 1.28. The van der Waals surface area contributed by atoms with E-state index in [1.165, 1.54) is 0 Å². The van der Waals surface area contributed by atoms with Gasteiger partial charge < -0.3 is 10.2 Å². The van der Waals surface area contributed by atoms with Crippen molar-refractivity contribution in [3.05, 3.63) is 0 Å². The van der Waals surface area contributed by atoms with Crippen molar-refractivity contribution in [1.29, 1.82) is 0 Å². The second kappa shape index (κ2) is 4.64. The molecular weight excluding hydrogens is 244 g/mol. The lowest BCUT2D eigenvalue weighted by atomic mass is 10.1. The van der Waals surface area contributed by atoms with Crippen molar-refractivity contribution < 1.29 is 18.0 Å². The summed E-state index contributed by atoms with van der Waals surface area (Å²) in [6.45, 7) is 0.428. The van der Waals surface area contributed by atoms with Crippen molar-refractivity contribution in [2.45, 2.75) is 25.3 Å². The lowest BCUT2D eigenvalue weighted by molar-refractivity contribution is -0.132. The van der Waals surface area contributed by atoms with Crippen LogP contribution >= 0.6 is 0 Å². The summed E-state index contributed by atoms with van der Waals surface area (Å²) >= 11 is 0. The highest BCUT2D eigenvalue weighted by Gasteiger charge is 2.31. The minimum Gasteiger partial charge on any atom is -0.347 e. The number of hydrogen-bond acceptors (Lipinski definition) is 4. The van der Waals surface area contributed by atoms with Gasteiger partial charge in [-0.1, -0.05) is 0 Å². The number of nitrogens with zero attached hydrogens (tertiary/aromatic N) is 1. The summed E-state index contributed by atoms with van der Waals surface area (Å²) in [7, 11) is -2.91. The molecule has 7 heteroatoms. The lowest BCUT2D eigenvalue weighted by Gasteiger charge is -2.33. The number of carbonyl (C=O) groups excluding carboxylic acids is 2. The quantitative estimate of drug-likeness (QED) is 0.649. The van der Waals surface area contributed by atoms with E-state index in [2.05, 4.69) is 5.32 Å². The smallest absolute Gasteiger partial charge is 0.242 e. The maximum Gasteiger partial charge on any atom is 0.242 e. The van der Waals surface area contributed by atoms with Crippen LogP contribution in [-0.4, -0.2) is 55.8 Å². The Bertz CT molecular complexity index is 418. The topological polar surface area (TPSA) is 83.6 Å². The van der Waals surface area contributed by atoms with Gasteiger partial charge in [-0.15, -0.1) is 0 Å². The Morgan fingerprint density at radius 2 is 1.82 bits per heavy atom. The minimum absolute atomic E-state index is 0.0290. The summed E-state index contributed by atoms with van der Waals surface area (Å²) in [4.78, 5) is 24.6. The molecule has 2 fully saturated rings. The Balaban J connectivity index is 2.02. The first kappa shape index (κ1) is 12.3. The molecule has 2 rings (SSSR count). The number of carbonyl (C=O) groups is 2. The molecule has 2 aliphatic rings. The number of hydrogen-bond donors (Lipinski definition) is 1. The van der Waals surface area contributed by atoms with Crippen LogP contribution in [0.15, 0.2) is 0 Å². The predicted molar refractivity (Wildman–Crippen MR) is 61.0 cm³/mol. The van der Waals surface area contributed by atoms with Crippen LogP contribution in [0.1, 0.15) is 19.3 Å². The summed E-state index contributed by atoms with van der Waals surface area (Å²) in [5.41, 5.74) is 0. The van der Waals surface area contributed by atoms with E-state index in [1.807, 2.05) is 0 Å². The average Bonchev–Trinajstić information content (AvgIpc) is 2.43. The monoisotopic (exact) mass is 260 g/mol. The standard InChI is InChI=1S/C10H16N2O4S/c13-9-1-4-12(10(14)7-11-9)8-2-5-17(15,16)6-3-8/h8H,1-7H2,(H,11,13). The van der Waals surface area contributed by atoms with E-state index >= 15 is 0 Å². The maximum atomic E-state index is 11.8. The van der Waals surface area contributed by atoms with E-state index in [9.17, 15) is 18.0 Å². The summed E-state index contributed by atoms with van der Waals surface area (Å²) in [6, 6.07) is -0.0290. The molecule has 1 N–H and O–H groups in total. The van der Waals surface area contributed by atoms with Gasteiger partial charge in [0.1, 0.15) is 9.84 Å². The molecule has 0 atom stereocenters. The second-order valence-corrected chi connectivity index (χ2v) is 6.80. The third kappa shape index (κ3) is 2.96.